The molecule has 1 aromatic carbocycles. The van der Waals surface area contributed by atoms with Gasteiger partial charge < -0.3 is 4.74 Å². The number of hydrogen-bond donors (Lipinski definition) is 0. The largest absolute Gasteiger partial charge is 0.489 e. The molecule has 0 aliphatic heterocycles. The zero-order valence-corrected chi connectivity index (χ0v) is 8.84. The summed E-state index contributed by atoms with van der Waals surface area (Å²) in [5, 5.41) is 0. The fraction of sp³-hybridized carbons (Fsp3) is 0.231. The average Bonchev–Trinajstić information content (AvgIpc) is 2.15. The molecule has 0 atom stereocenters. The molecule has 0 saturated carbocycles. The van der Waals surface area contributed by atoms with E-state index in [1.807, 2.05) is 19.1 Å². The molecule has 0 N–H and O–H groups in total. The molecule has 0 aliphatic carbocycles. The molecule has 0 radical (unpaired) electrons. The Hall–Kier alpha value is -1.50. The van der Waals surface area contributed by atoms with Gasteiger partial charge in [0, 0.05) is 5.56 Å². The third kappa shape index (κ3) is 2.49. The van der Waals surface area contributed by atoms with Crippen molar-refractivity contribution in [3.63, 3.8) is 0 Å². The average molecular weight is 188 g/mol. The van der Waals surface area contributed by atoms with Gasteiger partial charge in [-0.2, -0.15) is 0 Å². The Labute approximate surface area is 85.7 Å². The van der Waals surface area contributed by atoms with Crippen molar-refractivity contribution in [2.45, 2.75) is 13.8 Å². The van der Waals surface area contributed by atoms with Crippen molar-refractivity contribution in [3.8, 4) is 5.75 Å². The Morgan fingerprint density at radius 2 is 2.21 bits per heavy atom. The predicted octanol–water partition coefficient (Wildman–Crippen LogP) is 3.59. The maximum atomic E-state index is 5.52. The van der Waals surface area contributed by atoms with Gasteiger partial charge in [0.25, 0.3) is 0 Å². The minimum absolute atomic E-state index is 0.531. The Kier molecular flexibility index (Phi) is 3.52. The van der Waals surface area contributed by atoms with E-state index in [-0.39, 0.29) is 0 Å². The van der Waals surface area contributed by atoms with Gasteiger partial charge in [0.1, 0.15) is 12.4 Å². The summed E-state index contributed by atoms with van der Waals surface area (Å²) in [6.45, 7) is 12.1. The molecule has 0 bridgehead atoms. The van der Waals surface area contributed by atoms with Gasteiger partial charge in [0.05, 0.1) is 0 Å². The first-order valence-corrected chi connectivity index (χ1v) is 4.65. The van der Waals surface area contributed by atoms with Gasteiger partial charge in [0.15, 0.2) is 0 Å². The molecule has 14 heavy (non-hydrogen) atoms. The SMILES string of the molecule is C=CCOc1ccc(C)cc1C(=C)C. The molecular weight excluding hydrogens is 172 g/mol. The van der Waals surface area contributed by atoms with E-state index in [2.05, 4.69) is 26.1 Å². The van der Waals surface area contributed by atoms with E-state index in [4.69, 9.17) is 4.74 Å². The van der Waals surface area contributed by atoms with E-state index in [9.17, 15) is 0 Å². The summed E-state index contributed by atoms with van der Waals surface area (Å²) in [4.78, 5) is 0. The van der Waals surface area contributed by atoms with E-state index in [1.54, 1.807) is 6.08 Å². The Bertz CT molecular complexity index is 350. The zero-order valence-electron chi connectivity index (χ0n) is 8.84. The molecule has 0 unspecified atom stereocenters. The topological polar surface area (TPSA) is 9.23 Å². The van der Waals surface area contributed by atoms with Crippen LogP contribution in [0.3, 0.4) is 0 Å². The van der Waals surface area contributed by atoms with Crippen LogP contribution in [-0.4, -0.2) is 6.61 Å². The van der Waals surface area contributed by atoms with Gasteiger partial charge in [-0.3, -0.25) is 0 Å². The second kappa shape index (κ2) is 4.66. The van der Waals surface area contributed by atoms with Gasteiger partial charge >= 0.3 is 0 Å². The van der Waals surface area contributed by atoms with Crippen LogP contribution in [0.15, 0.2) is 37.4 Å². The van der Waals surface area contributed by atoms with Crippen molar-refractivity contribution >= 4 is 5.57 Å². The lowest BCUT2D eigenvalue weighted by molar-refractivity contribution is 0.362. The van der Waals surface area contributed by atoms with Crippen LogP contribution in [0.2, 0.25) is 0 Å². The number of aryl methyl sites for hydroxylation is 1. The van der Waals surface area contributed by atoms with Crippen LogP contribution in [0.4, 0.5) is 0 Å². The van der Waals surface area contributed by atoms with Gasteiger partial charge in [-0.05, 0) is 31.6 Å². The van der Waals surface area contributed by atoms with Crippen LogP contribution in [0, 0.1) is 6.92 Å². The van der Waals surface area contributed by atoms with E-state index in [0.29, 0.717) is 6.61 Å². The molecule has 1 rings (SSSR count). The number of benzene rings is 1. The fourth-order valence-corrected chi connectivity index (χ4v) is 1.25. The highest BCUT2D eigenvalue weighted by atomic mass is 16.5. The molecule has 74 valence electrons. The summed E-state index contributed by atoms with van der Waals surface area (Å²) in [6, 6.07) is 6.09. The molecule has 0 saturated heterocycles. The lowest BCUT2D eigenvalue weighted by Crippen LogP contribution is -1.96. The number of hydrogen-bond acceptors (Lipinski definition) is 1. The summed E-state index contributed by atoms with van der Waals surface area (Å²) in [5.74, 6) is 0.878. The van der Waals surface area contributed by atoms with Gasteiger partial charge in [-0.15, -0.1) is 0 Å². The van der Waals surface area contributed by atoms with Crippen LogP contribution < -0.4 is 4.74 Å². The third-order valence-corrected chi connectivity index (χ3v) is 1.95. The molecule has 0 heterocycles. The third-order valence-electron chi connectivity index (χ3n) is 1.95. The summed E-state index contributed by atoms with van der Waals surface area (Å²) in [7, 11) is 0. The van der Waals surface area contributed by atoms with Gasteiger partial charge in [-0.25, -0.2) is 0 Å². The summed E-state index contributed by atoms with van der Waals surface area (Å²) < 4.78 is 5.52. The lowest BCUT2D eigenvalue weighted by Gasteiger charge is -2.10. The molecule has 0 fully saturated rings. The highest BCUT2D eigenvalue weighted by molar-refractivity contribution is 5.67. The predicted molar refractivity (Wildman–Crippen MR) is 61.6 cm³/mol. The molecule has 0 aliphatic rings. The normalized spacial score (nSPS) is 9.57. The first kappa shape index (κ1) is 10.6. The van der Waals surface area contributed by atoms with Crippen molar-refractivity contribution in [1.82, 2.24) is 0 Å². The van der Waals surface area contributed by atoms with E-state index in [1.165, 1.54) is 5.56 Å². The summed E-state index contributed by atoms with van der Waals surface area (Å²) in [6.07, 6.45) is 1.74. The molecular formula is C13H16O. The highest BCUT2D eigenvalue weighted by Crippen LogP contribution is 2.25. The van der Waals surface area contributed by atoms with Crippen LogP contribution in [0.5, 0.6) is 5.75 Å². The van der Waals surface area contributed by atoms with E-state index in [0.717, 1.165) is 16.9 Å². The summed E-state index contributed by atoms with van der Waals surface area (Å²) >= 11 is 0. The zero-order chi connectivity index (χ0) is 10.6. The molecule has 1 aromatic rings. The summed E-state index contributed by atoms with van der Waals surface area (Å²) in [5.41, 5.74) is 3.31. The molecule has 0 aromatic heterocycles. The minimum Gasteiger partial charge on any atom is -0.489 e. The van der Waals surface area contributed by atoms with Crippen LogP contribution >= 0.6 is 0 Å². The monoisotopic (exact) mass is 188 g/mol. The smallest absolute Gasteiger partial charge is 0.127 e. The molecule has 0 amide bonds. The number of allylic oxidation sites excluding steroid dienone is 1. The van der Waals surface area contributed by atoms with Crippen LogP contribution in [0.1, 0.15) is 18.1 Å². The van der Waals surface area contributed by atoms with E-state index >= 15 is 0 Å². The first-order chi connectivity index (χ1) is 6.65. The lowest BCUT2D eigenvalue weighted by atomic mass is 10.1. The van der Waals surface area contributed by atoms with Crippen LogP contribution in [0.25, 0.3) is 5.57 Å². The highest BCUT2D eigenvalue weighted by Gasteiger charge is 2.03. The first-order valence-electron chi connectivity index (χ1n) is 4.65. The fourth-order valence-electron chi connectivity index (χ4n) is 1.25. The quantitative estimate of drug-likeness (QED) is 0.656. The maximum Gasteiger partial charge on any atom is 0.127 e. The Morgan fingerprint density at radius 1 is 1.50 bits per heavy atom. The van der Waals surface area contributed by atoms with Gasteiger partial charge in [0.2, 0.25) is 0 Å². The second-order valence-electron chi connectivity index (χ2n) is 3.38. The van der Waals surface area contributed by atoms with Crippen LogP contribution in [-0.2, 0) is 0 Å². The van der Waals surface area contributed by atoms with Crippen molar-refractivity contribution in [2.75, 3.05) is 6.61 Å². The Balaban J connectivity index is 3.01. The van der Waals surface area contributed by atoms with Gasteiger partial charge in [-0.1, -0.05) is 30.9 Å². The Morgan fingerprint density at radius 3 is 2.79 bits per heavy atom. The molecule has 0 spiro atoms. The van der Waals surface area contributed by atoms with Crippen molar-refractivity contribution in [3.05, 3.63) is 48.6 Å². The maximum absolute atomic E-state index is 5.52. The number of ether oxygens (including phenoxy) is 1. The number of rotatable bonds is 4. The van der Waals surface area contributed by atoms with E-state index < -0.39 is 0 Å². The molecule has 1 heteroatoms. The van der Waals surface area contributed by atoms with Crippen molar-refractivity contribution in [2.24, 2.45) is 0 Å². The standard InChI is InChI=1S/C13H16O/c1-5-8-14-13-7-6-11(4)9-12(13)10(2)3/h5-7,9H,1-2,8H2,3-4H3. The minimum atomic E-state index is 0.531. The van der Waals surface area contributed by atoms with Crippen molar-refractivity contribution < 1.29 is 4.74 Å². The second-order valence-corrected chi connectivity index (χ2v) is 3.38. The van der Waals surface area contributed by atoms with Crippen molar-refractivity contribution in [1.29, 1.82) is 0 Å². The molecule has 1 nitrogen and oxygen atoms in total.